The van der Waals surface area contributed by atoms with E-state index in [1.54, 1.807) is 12.2 Å². The minimum atomic E-state index is -0.541. The van der Waals surface area contributed by atoms with Crippen molar-refractivity contribution in [3.8, 4) is 0 Å². The first-order chi connectivity index (χ1) is 19.6. The van der Waals surface area contributed by atoms with E-state index in [0.717, 1.165) is 38.8 Å². The molecule has 3 aliphatic rings. The molecule has 0 bridgehead atoms. The van der Waals surface area contributed by atoms with E-state index in [9.17, 15) is 5.11 Å². The van der Waals surface area contributed by atoms with E-state index in [2.05, 4.69) is 87.2 Å². The molecule has 2 aromatic rings. The average molecular weight is 542 g/mol. The largest absolute Gasteiger partial charge is 0.390 e. The topological polar surface area (TPSA) is 102 Å². The third-order valence-electron chi connectivity index (χ3n) is 8.15. The highest BCUT2D eigenvalue weighted by molar-refractivity contribution is 5.98. The van der Waals surface area contributed by atoms with Crippen LogP contribution in [0.2, 0.25) is 0 Å². The van der Waals surface area contributed by atoms with Crippen LogP contribution in [0.25, 0.3) is 0 Å². The van der Waals surface area contributed by atoms with E-state index in [-0.39, 0.29) is 12.2 Å². The van der Waals surface area contributed by atoms with Gasteiger partial charge in [-0.3, -0.25) is 5.01 Å². The summed E-state index contributed by atoms with van der Waals surface area (Å²) in [7, 11) is 0. The number of aryl methyl sites for hydroxylation is 2. The van der Waals surface area contributed by atoms with Crippen molar-refractivity contribution in [1.82, 2.24) is 20.5 Å². The second-order valence-electron chi connectivity index (χ2n) is 11.0. The Morgan fingerprint density at radius 2 is 1.65 bits per heavy atom. The number of fused-ring (bicyclic) bond motifs is 2. The summed E-state index contributed by atoms with van der Waals surface area (Å²) in [6.07, 6.45) is 8.22. The summed E-state index contributed by atoms with van der Waals surface area (Å²) in [6, 6.07) is 18.4. The van der Waals surface area contributed by atoms with Crippen LogP contribution in [-0.2, 0) is 12.8 Å². The van der Waals surface area contributed by atoms with Crippen LogP contribution in [0.4, 0.5) is 0 Å². The predicted molar refractivity (Wildman–Crippen MR) is 163 cm³/mol. The molecule has 5 N–H and O–H groups in total. The van der Waals surface area contributed by atoms with Crippen LogP contribution >= 0.6 is 0 Å². The number of hydrazine groups is 1. The van der Waals surface area contributed by atoms with Crippen LogP contribution in [0.1, 0.15) is 54.0 Å². The highest BCUT2D eigenvalue weighted by Gasteiger charge is 2.28. The van der Waals surface area contributed by atoms with Crippen LogP contribution in [0.5, 0.6) is 0 Å². The minimum absolute atomic E-state index is 0.219. The molecule has 2 aliphatic heterocycles. The van der Waals surface area contributed by atoms with Gasteiger partial charge in [0.25, 0.3) is 0 Å². The van der Waals surface area contributed by atoms with E-state index in [4.69, 9.17) is 5.84 Å². The molecule has 0 radical (unpaired) electrons. The van der Waals surface area contributed by atoms with E-state index in [0.29, 0.717) is 43.8 Å². The van der Waals surface area contributed by atoms with Gasteiger partial charge in [0.1, 0.15) is 12.0 Å². The number of rotatable bonds is 10. The molecule has 8 nitrogen and oxygen atoms in total. The third-order valence-corrected chi connectivity index (χ3v) is 8.15. The van der Waals surface area contributed by atoms with Crippen molar-refractivity contribution in [2.24, 2.45) is 15.8 Å². The lowest BCUT2D eigenvalue weighted by molar-refractivity contribution is 0.0946. The van der Waals surface area contributed by atoms with Gasteiger partial charge in [-0.25, -0.2) is 10.8 Å². The first kappa shape index (κ1) is 28.2. The maximum atomic E-state index is 10.8. The van der Waals surface area contributed by atoms with Crippen molar-refractivity contribution in [1.29, 1.82) is 0 Å². The van der Waals surface area contributed by atoms with Gasteiger partial charge in [-0.15, -0.1) is 13.2 Å². The molecule has 2 aromatic carbocycles. The Kier molecular flexibility index (Phi) is 9.44. The maximum Gasteiger partial charge on any atom is 0.216 e. The van der Waals surface area contributed by atoms with Gasteiger partial charge in [0.05, 0.1) is 12.1 Å². The summed E-state index contributed by atoms with van der Waals surface area (Å²) in [5.74, 6) is 7.45. The summed E-state index contributed by atoms with van der Waals surface area (Å²) in [5, 5.41) is 19.6. The fourth-order valence-electron chi connectivity index (χ4n) is 6.05. The van der Waals surface area contributed by atoms with Crippen LogP contribution in [0.15, 0.2) is 83.8 Å². The fourth-order valence-corrected chi connectivity index (χ4v) is 6.05. The number of aliphatic hydroxyl groups excluding tert-OH is 1. The number of likely N-dealkylation sites (tertiary alicyclic amines) is 1. The Morgan fingerprint density at radius 1 is 1.00 bits per heavy atom. The minimum Gasteiger partial charge on any atom is -0.390 e. The molecule has 212 valence electrons. The quantitative estimate of drug-likeness (QED) is 0.272. The summed E-state index contributed by atoms with van der Waals surface area (Å²) in [4.78, 5) is 11.4. The molecule has 40 heavy (non-hydrogen) atoms. The molecule has 1 aliphatic carbocycles. The number of aliphatic imine (C=N–C) groups is 2. The normalized spacial score (nSPS) is 20.9. The van der Waals surface area contributed by atoms with Gasteiger partial charge >= 0.3 is 0 Å². The molecule has 2 heterocycles. The number of β-amino-alcohol motifs (C(OH)–C–C–N with tert-alkyl or cyclic N) is 1. The van der Waals surface area contributed by atoms with Crippen molar-refractivity contribution in [2.45, 2.75) is 62.9 Å². The number of nitrogens with zero attached hydrogens (tertiary/aromatic N) is 4. The van der Waals surface area contributed by atoms with Gasteiger partial charge in [0.15, 0.2) is 0 Å². The first-order valence-corrected chi connectivity index (χ1v) is 14.5. The maximum absolute atomic E-state index is 10.8. The van der Waals surface area contributed by atoms with Gasteiger partial charge in [-0.05, 0) is 61.0 Å². The first-order valence-electron chi connectivity index (χ1n) is 14.5. The Morgan fingerprint density at radius 3 is 2.27 bits per heavy atom. The van der Waals surface area contributed by atoms with Gasteiger partial charge < -0.3 is 20.6 Å². The summed E-state index contributed by atoms with van der Waals surface area (Å²) < 4.78 is 0. The Balaban J connectivity index is 1.14. The van der Waals surface area contributed by atoms with Crippen LogP contribution in [-0.4, -0.2) is 71.3 Å². The van der Waals surface area contributed by atoms with E-state index in [1.165, 1.54) is 27.3 Å². The lowest BCUT2D eigenvalue weighted by Crippen LogP contribution is -2.55. The van der Waals surface area contributed by atoms with Crippen molar-refractivity contribution < 1.29 is 5.11 Å². The molecule has 8 heteroatoms. The number of aliphatic hydroxyl groups is 1. The van der Waals surface area contributed by atoms with Crippen molar-refractivity contribution in [2.75, 3.05) is 26.2 Å². The highest BCUT2D eigenvalue weighted by atomic mass is 16.3. The SMILES string of the molecule is C=CCC1=NC(CC=C)N(N)C(NCC(O)CN2CCC(NC3c4ccccc4CCc4ccccc43)CC2)=N1. The van der Waals surface area contributed by atoms with Crippen molar-refractivity contribution in [3.63, 3.8) is 0 Å². The Bertz CT molecular complexity index is 1190. The van der Waals surface area contributed by atoms with Crippen LogP contribution < -0.4 is 16.5 Å². The van der Waals surface area contributed by atoms with Crippen molar-refractivity contribution >= 4 is 11.8 Å². The Hall–Kier alpha value is -3.30. The summed E-state index contributed by atoms with van der Waals surface area (Å²) in [6.45, 7) is 10.5. The predicted octanol–water partition coefficient (Wildman–Crippen LogP) is 3.30. The zero-order valence-electron chi connectivity index (χ0n) is 23.4. The number of hydrogen-bond acceptors (Lipinski definition) is 8. The zero-order valence-corrected chi connectivity index (χ0v) is 23.4. The van der Waals surface area contributed by atoms with Crippen LogP contribution in [0, 0.1) is 0 Å². The number of hydrogen-bond donors (Lipinski definition) is 4. The van der Waals surface area contributed by atoms with Crippen LogP contribution in [0.3, 0.4) is 0 Å². The highest BCUT2D eigenvalue weighted by Crippen LogP contribution is 2.33. The third kappa shape index (κ3) is 6.70. The standard InChI is InChI=1S/C32H43N7O/c1-3-9-29-36-30(10-4-2)39(33)32(37-29)34-21-26(40)22-38-19-17-25(18-20-38)35-31-27-13-7-5-11-23(27)15-16-24-12-6-8-14-28(24)31/h3-8,11-14,25-26,30-31,35,40H,1-2,9-10,15-22,33H2,(H,34,36,37). The monoisotopic (exact) mass is 541 g/mol. The van der Waals surface area contributed by atoms with E-state index < -0.39 is 6.10 Å². The molecule has 0 amide bonds. The molecule has 0 aromatic heterocycles. The molecule has 1 saturated heterocycles. The molecule has 5 rings (SSSR count). The fraction of sp³-hybridized carbons (Fsp3) is 0.438. The summed E-state index contributed by atoms with van der Waals surface area (Å²) in [5.41, 5.74) is 5.71. The second-order valence-corrected chi connectivity index (χ2v) is 11.0. The van der Waals surface area contributed by atoms with Gasteiger partial charge in [0.2, 0.25) is 5.96 Å². The molecule has 1 fully saturated rings. The van der Waals surface area contributed by atoms with Crippen molar-refractivity contribution in [3.05, 3.63) is 96.1 Å². The lowest BCUT2D eigenvalue weighted by atomic mass is 9.92. The van der Waals surface area contributed by atoms with Gasteiger partial charge in [0, 0.05) is 32.0 Å². The molecule has 2 unspecified atom stereocenters. The second kappa shape index (κ2) is 13.4. The molecule has 0 spiro atoms. The molecule has 2 atom stereocenters. The van der Waals surface area contributed by atoms with Gasteiger partial charge in [-0.2, -0.15) is 4.99 Å². The Labute approximate surface area is 238 Å². The molecular weight excluding hydrogens is 498 g/mol. The number of nitrogens with two attached hydrogens (primary N) is 1. The number of piperidine rings is 1. The smallest absolute Gasteiger partial charge is 0.216 e. The number of guanidine groups is 1. The number of nitrogens with one attached hydrogen (secondary N) is 2. The number of amidine groups is 1. The molecule has 0 saturated carbocycles. The molecular formula is C32H43N7O. The number of benzene rings is 2. The van der Waals surface area contributed by atoms with E-state index in [1.807, 2.05) is 0 Å². The van der Waals surface area contributed by atoms with E-state index >= 15 is 0 Å². The lowest BCUT2D eigenvalue weighted by Gasteiger charge is -2.36. The zero-order chi connectivity index (χ0) is 27.9. The average Bonchev–Trinajstić information content (AvgIpc) is 3.12. The van der Waals surface area contributed by atoms with Gasteiger partial charge in [-0.1, -0.05) is 60.7 Å². The summed E-state index contributed by atoms with van der Waals surface area (Å²) >= 11 is 0.